The molecule has 1 amide bonds. The molecule has 4 heterocycles. The lowest BCUT2D eigenvalue weighted by atomic mass is 9.95. The van der Waals surface area contributed by atoms with Gasteiger partial charge in [0.1, 0.15) is 11.4 Å². The number of benzene rings is 1. The van der Waals surface area contributed by atoms with E-state index in [1.807, 2.05) is 42.6 Å². The monoisotopic (exact) mass is 487 g/mol. The molecular formula is C29H37N5O2. The zero-order chi connectivity index (χ0) is 24.7. The van der Waals surface area contributed by atoms with Gasteiger partial charge >= 0.3 is 0 Å². The van der Waals surface area contributed by atoms with Gasteiger partial charge in [0.25, 0.3) is 5.91 Å². The summed E-state index contributed by atoms with van der Waals surface area (Å²) in [6, 6.07) is 13.9. The fraction of sp³-hybridized carbons (Fsp3) is 0.414. The molecule has 1 saturated carbocycles. The Hall–Kier alpha value is -3.45. The molecular weight excluding hydrogens is 450 g/mol. The maximum atomic E-state index is 12.4. The summed E-state index contributed by atoms with van der Waals surface area (Å²) in [4.78, 5) is 26.0. The van der Waals surface area contributed by atoms with Gasteiger partial charge in [0.05, 0.1) is 22.7 Å². The minimum Gasteiger partial charge on any atom is -0.464 e. The minimum absolute atomic E-state index is 0. The summed E-state index contributed by atoms with van der Waals surface area (Å²) in [5.41, 5.74) is 2.53. The Morgan fingerprint density at radius 2 is 1.75 bits per heavy atom. The summed E-state index contributed by atoms with van der Waals surface area (Å²) >= 11 is 0. The fourth-order valence-electron chi connectivity index (χ4n) is 5.21. The maximum Gasteiger partial charge on any atom is 0.252 e. The number of furan rings is 1. The normalized spacial score (nSPS) is 17.1. The molecule has 190 valence electrons. The van der Waals surface area contributed by atoms with Crippen LogP contribution in [0.4, 0.5) is 5.82 Å². The molecule has 0 bridgehead atoms. The van der Waals surface area contributed by atoms with E-state index in [2.05, 4.69) is 32.0 Å². The lowest BCUT2D eigenvalue weighted by molar-refractivity contribution is 0.0929. The number of piperazine rings is 1. The van der Waals surface area contributed by atoms with Gasteiger partial charge in [0, 0.05) is 51.4 Å². The lowest BCUT2D eigenvalue weighted by Crippen LogP contribution is -2.46. The molecule has 1 aliphatic heterocycles. The third kappa shape index (κ3) is 5.51. The van der Waals surface area contributed by atoms with Crippen LogP contribution in [-0.2, 0) is 0 Å². The number of carbonyl (C=O) groups excluding carboxylic acids is 1. The number of fused-ring (bicyclic) bond motifs is 2. The third-order valence-electron chi connectivity index (χ3n) is 7.31. The van der Waals surface area contributed by atoms with Crippen LogP contribution in [0, 0.1) is 0 Å². The summed E-state index contributed by atoms with van der Waals surface area (Å²) in [5.74, 6) is 1.09. The number of hydrogen-bond acceptors (Lipinski definition) is 6. The Morgan fingerprint density at radius 3 is 2.56 bits per heavy atom. The number of carbonyl (C=O) groups is 1. The molecule has 0 unspecified atom stereocenters. The maximum absolute atomic E-state index is 12.4. The zero-order valence-corrected chi connectivity index (χ0v) is 21.0. The number of amides is 1. The van der Waals surface area contributed by atoms with Crippen molar-refractivity contribution in [2.75, 3.05) is 37.6 Å². The van der Waals surface area contributed by atoms with E-state index in [1.165, 1.54) is 19.3 Å². The second kappa shape index (κ2) is 11.5. The highest BCUT2D eigenvalue weighted by atomic mass is 16.3. The van der Waals surface area contributed by atoms with Crippen molar-refractivity contribution in [2.45, 2.75) is 45.1 Å². The van der Waals surface area contributed by atoms with Gasteiger partial charge < -0.3 is 19.5 Å². The van der Waals surface area contributed by atoms with Crippen molar-refractivity contribution in [3.63, 3.8) is 0 Å². The van der Waals surface area contributed by atoms with E-state index in [0.29, 0.717) is 6.04 Å². The molecule has 3 aromatic heterocycles. The standard InChI is InChI=1S/C16H18N2O.C13H17N3O.H2/c19-16(18-12-6-2-1-3-7-12)14-10-11-17-15-9-5-4-8-13(14)15;1-2-15-6-8-16(9-7-15)13-11-4-10-17-12(11)3-5-14-13;/h4-5,8-12H,1-3,6-7H2,(H,18,19);3-5,10H,2,6-9H2,1H3;1H. The molecule has 1 aromatic carbocycles. The van der Waals surface area contributed by atoms with E-state index in [9.17, 15) is 4.79 Å². The second-order valence-electron chi connectivity index (χ2n) is 9.57. The average Bonchev–Trinajstić information content (AvgIpc) is 3.43. The Bertz CT molecular complexity index is 1290. The largest absolute Gasteiger partial charge is 0.464 e. The number of anilines is 1. The van der Waals surface area contributed by atoms with E-state index in [-0.39, 0.29) is 7.33 Å². The minimum atomic E-state index is 0. The van der Waals surface area contributed by atoms with Gasteiger partial charge in [-0.05, 0) is 43.7 Å². The van der Waals surface area contributed by atoms with Crippen molar-refractivity contribution in [1.82, 2.24) is 20.2 Å². The van der Waals surface area contributed by atoms with Crippen LogP contribution in [0.2, 0.25) is 0 Å². The first-order chi connectivity index (χ1) is 17.7. The number of hydrogen-bond donors (Lipinski definition) is 1. The summed E-state index contributed by atoms with van der Waals surface area (Å²) in [7, 11) is 0. The van der Waals surface area contributed by atoms with Crippen molar-refractivity contribution in [3.05, 3.63) is 66.7 Å². The van der Waals surface area contributed by atoms with Gasteiger partial charge in [0.2, 0.25) is 0 Å². The van der Waals surface area contributed by atoms with Gasteiger partial charge in [-0.25, -0.2) is 4.98 Å². The number of pyridine rings is 2. The third-order valence-corrected chi connectivity index (χ3v) is 7.31. The van der Waals surface area contributed by atoms with Gasteiger partial charge in [0.15, 0.2) is 0 Å². The lowest BCUT2D eigenvalue weighted by Gasteiger charge is -2.34. The molecule has 1 saturated heterocycles. The van der Waals surface area contributed by atoms with E-state index >= 15 is 0 Å². The Labute approximate surface area is 214 Å². The van der Waals surface area contributed by atoms with E-state index < -0.39 is 0 Å². The van der Waals surface area contributed by atoms with Crippen LogP contribution >= 0.6 is 0 Å². The number of nitrogens with one attached hydrogen (secondary N) is 1. The van der Waals surface area contributed by atoms with E-state index in [1.54, 1.807) is 18.5 Å². The quantitative estimate of drug-likeness (QED) is 0.409. The molecule has 36 heavy (non-hydrogen) atoms. The number of para-hydroxylation sites is 1. The van der Waals surface area contributed by atoms with Crippen molar-refractivity contribution >= 4 is 33.6 Å². The van der Waals surface area contributed by atoms with Crippen LogP contribution < -0.4 is 10.2 Å². The predicted octanol–water partition coefficient (Wildman–Crippen LogP) is 5.51. The highest BCUT2D eigenvalue weighted by molar-refractivity contribution is 6.06. The smallest absolute Gasteiger partial charge is 0.252 e. The molecule has 6 rings (SSSR count). The highest BCUT2D eigenvalue weighted by Gasteiger charge is 2.19. The van der Waals surface area contributed by atoms with Crippen molar-refractivity contribution in [2.24, 2.45) is 0 Å². The summed E-state index contributed by atoms with van der Waals surface area (Å²) in [5, 5.41) is 5.21. The zero-order valence-electron chi connectivity index (χ0n) is 21.0. The summed E-state index contributed by atoms with van der Waals surface area (Å²) < 4.78 is 5.41. The number of nitrogens with zero attached hydrogens (tertiary/aromatic N) is 4. The molecule has 1 aliphatic carbocycles. The first-order valence-electron chi connectivity index (χ1n) is 13.2. The average molecular weight is 488 g/mol. The highest BCUT2D eigenvalue weighted by Crippen LogP contribution is 2.26. The SMILES string of the molecule is CCN1CCN(c2nccc3occc23)CC1.O=C(NC1CCCCC1)c1ccnc2ccccc12.[HH]. The topological polar surface area (TPSA) is 74.5 Å². The Kier molecular flexibility index (Phi) is 7.76. The second-order valence-corrected chi connectivity index (χ2v) is 9.57. The molecule has 0 radical (unpaired) electrons. The molecule has 0 spiro atoms. The van der Waals surface area contributed by atoms with Crippen molar-refractivity contribution in [1.29, 1.82) is 0 Å². The molecule has 2 aliphatic rings. The molecule has 7 nitrogen and oxygen atoms in total. The van der Waals surface area contributed by atoms with Gasteiger partial charge in [-0.1, -0.05) is 44.4 Å². The van der Waals surface area contributed by atoms with Crippen LogP contribution in [0.15, 0.2) is 65.5 Å². The van der Waals surface area contributed by atoms with Crippen molar-refractivity contribution < 1.29 is 10.6 Å². The molecule has 2 fully saturated rings. The number of likely N-dealkylation sites (N-methyl/N-ethyl adjacent to an activating group) is 1. The van der Waals surface area contributed by atoms with Crippen LogP contribution in [0.1, 0.15) is 50.8 Å². The Morgan fingerprint density at radius 1 is 0.972 bits per heavy atom. The van der Waals surface area contributed by atoms with Gasteiger partial charge in [-0.15, -0.1) is 0 Å². The first kappa shape index (κ1) is 24.3. The number of aromatic nitrogens is 2. The molecule has 7 heteroatoms. The summed E-state index contributed by atoms with van der Waals surface area (Å²) in [6.07, 6.45) is 11.2. The molecule has 1 N–H and O–H groups in total. The summed E-state index contributed by atoms with van der Waals surface area (Å²) in [6.45, 7) is 7.68. The van der Waals surface area contributed by atoms with Crippen LogP contribution in [0.25, 0.3) is 21.9 Å². The number of rotatable bonds is 4. The molecule has 4 aromatic rings. The predicted molar refractivity (Wildman–Crippen MR) is 147 cm³/mol. The van der Waals surface area contributed by atoms with Crippen molar-refractivity contribution in [3.8, 4) is 0 Å². The van der Waals surface area contributed by atoms with Crippen LogP contribution in [-0.4, -0.2) is 59.5 Å². The fourth-order valence-corrected chi connectivity index (χ4v) is 5.21. The van der Waals surface area contributed by atoms with E-state index in [4.69, 9.17) is 4.42 Å². The van der Waals surface area contributed by atoms with E-state index in [0.717, 1.165) is 78.8 Å². The van der Waals surface area contributed by atoms with Crippen LogP contribution in [0.5, 0.6) is 0 Å². The van der Waals surface area contributed by atoms with Gasteiger partial charge in [-0.2, -0.15) is 0 Å². The molecule has 0 atom stereocenters. The first-order valence-corrected chi connectivity index (χ1v) is 13.2. The van der Waals surface area contributed by atoms with Crippen LogP contribution in [0.3, 0.4) is 0 Å². The van der Waals surface area contributed by atoms with Gasteiger partial charge in [-0.3, -0.25) is 9.78 Å². The Balaban J connectivity index is 0.000000169.